The number of aryl methyl sites for hydroxylation is 1. The Kier molecular flexibility index (Phi) is 6.54. The number of nitrogens with one attached hydrogen (secondary N) is 1. The quantitative estimate of drug-likeness (QED) is 0.767. The number of hydrogen-bond donors (Lipinski definition) is 1. The van der Waals surface area contributed by atoms with Crippen LogP contribution in [-0.2, 0) is 16.0 Å². The summed E-state index contributed by atoms with van der Waals surface area (Å²) in [5.41, 5.74) is 1.34. The van der Waals surface area contributed by atoms with E-state index in [-0.39, 0.29) is 5.91 Å². The zero-order valence-corrected chi connectivity index (χ0v) is 12.0. The van der Waals surface area contributed by atoms with Crippen molar-refractivity contribution >= 4 is 5.91 Å². The molecule has 0 unspecified atom stereocenters. The predicted molar refractivity (Wildman–Crippen MR) is 79.6 cm³/mol. The highest BCUT2D eigenvalue weighted by Gasteiger charge is 2.15. The molecular formula is C16H24N2O2. The molecule has 0 spiro atoms. The van der Waals surface area contributed by atoms with E-state index in [1.807, 2.05) is 11.0 Å². The largest absolute Gasteiger partial charge is 0.381 e. The van der Waals surface area contributed by atoms with Crippen LogP contribution in [-0.4, -0.2) is 50.2 Å². The summed E-state index contributed by atoms with van der Waals surface area (Å²) in [4.78, 5) is 13.8. The highest BCUT2D eigenvalue weighted by molar-refractivity contribution is 5.76. The van der Waals surface area contributed by atoms with Crippen LogP contribution < -0.4 is 5.32 Å². The van der Waals surface area contributed by atoms with Gasteiger partial charge in [0.1, 0.15) is 0 Å². The zero-order valence-electron chi connectivity index (χ0n) is 12.0. The summed E-state index contributed by atoms with van der Waals surface area (Å²) in [5, 5.41) is 3.24. The number of nitrogens with zero attached hydrogens (tertiary/aromatic N) is 1. The molecule has 0 aromatic heterocycles. The number of amides is 1. The molecule has 0 saturated carbocycles. The molecule has 1 aliphatic rings. The van der Waals surface area contributed by atoms with Gasteiger partial charge in [-0.3, -0.25) is 4.79 Å². The topological polar surface area (TPSA) is 41.6 Å². The Morgan fingerprint density at radius 2 is 1.90 bits per heavy atom. The van der Waals surface area contributed by atoms with Crippen LogP contribution in [0, 0.1) is 0 Å². The summed E-state index contributed by atoms with van der Waals surface area (Å²) in [6.45, 7) is 4.73. The number of piperazine rings is 1. The maximum Gasteiger partial charge on any atom is 0.224 e. The van der Waals surface area contributed by atoms with E-state index in [4.69, 9.17) is 4.74 Å². The molecule has 0 radical (unpaired) electrons. The minimum absolute atomic E-state index is 0.217. The third kappa shape index (κ3) is 5.31. The Balaban J connectivity index is 1.50. The lowest BCUT2D eigenvalue weighted by molar-refractivity contribution is -0.132. The summed E-state index contributed by atoms with van der Waals surface area (Å²) < 4.78 is 5.55. The fourth-order valence-electron chi connectivity index (χ4n) is 2.36. The number of rotatable bonds is 7. The van der Waals surface area contributed by atoms with Gasteiger partial charge in [-0.05, 0) is 18.4 Å². The average Bonchev–Trinajstić information content (AvgIpc) is 2.52. The van der Waals surface area contributed by atoms with Crippen molar-refractivity contribution < 1.29 is 9.53 Å². The van der Waals surface area contributed by atoms with Crippen LogP contribution in [0.15, 0.2) is 30.3 Å². The smallest absolute Gasteiger partial charge is 0.224 e. The molecule has 0 atom stereocenters. The first kappa shape index (κ1) is 15.0. The summed E-state index contributed by atoms with van der Waals surface area (Å²) in [7, 11) is 0. The lowest BCUT2D eigenvalue weighted by atomic mass is 10.1. The SMILES string of the molecule is O=C(CCOCCCc1ccccc1)N1CCNCC1. The zero-order chi connectivity index (χ0) is 14.0. The Morgan fingerprint density at radius 1 is 1.15 bits per heavy atom. The van der Waals surface area contributed by atoms with Crippen LogP contribution in [0.4, 0.5) is 0 Å². The van der Waals surface area contributed by atoms with Gasteiger partial charge in [0.2, 0.25) is 5.91 Å². The lowest BCUT2D eigenvalue weighted by Gasteiger charge is -2.27. The molecular weight excluding hydrogens is 252 g/mol. The molecule has 0 aliphatic carbocycles. The van der Waals surface area contributed by atoms with E-state index in [1.165, 1.54) is 5.56 Å². The summed E-state index contributed by atoms with van der Waals surface area (Å²) in [6, 6.07) is 10.4. The van der Waals surface area contributed by atoms with Crippen molar-refractivity contribution in [2.24, 2.45) is 0 Å². The molecule has 2 rings (SSSR count). The Labute approximate surface area is 121 Å². The molecule has 110 valence electrons. The van der Waals surface area contributed by atoms with Crippen molar-refractivity contribution in [1.29, 1.82) is 0 Å². The van der Waals surface area contributed by atoms with Crippen molar-refractivity contribution in [2.75, 3.05) is 39.4 Å². The highest BCUT2D eigenvalue weighted by Crippen LogP contribution is 2.03. The van der Waals surface area contributed by atoms with Crippen LogP contribution in [0.3, 0.4) is 0 Å². The Hall–Kier alpha value is -1.39. The van der Waals surface area contributed by atoms with Gasteiger partial charge in [-0.25, -0.2) is 0 Å². The molecule has 1 amide bonds. The first-order valence-electron chi connectivity index (χ1n) is 7.46. The first-order chi connectivity index (χ1) is 9.86. The van der Waals surface area contributed by atoms with Crippen molar-refractivity contribution in [3.63, 3.8) is 0 Å². The molecule has 1 saturated heterocycles. The minimum Gasteiger partial charge on any atom is -0.381 e. The van der Waals surface area contributed by atoms with Gasteiger partial charge < -0.3 is 15.0 Å². The minimum atomic E-state index is 0.217. The molecule has 4 nitrogen and oxygen atoms in total. The van der Waals surface area contributed by atoms with Gasteiger partial charge in [-0.2, -0.15) is 0 Å². The van der Waals surface area contributed by atoms with Crippen LogP contribution in [0.2, 0.25) is 0 Å². The molecule has 1 N–H and O–H groups in total. The molecule has 4 heteroatoms. The summed E-state index contributed by atoms with van der Waals surface area (Å²) >= 11 is 0. The van der Waals surface area contributed by atoms with Crippen molar-refractivity contribution in [3.05, 3.63) is 35.9 Å². The molecule has 0 bridgehead atoms. The van der Waals surface area contributed by atoms with Gasteiger partial charge in [0.05, 0.1) is 13.0 Å². The molecule has 20 heavy (non-hydrogen) atoms. The Bertz CT molecular complexity index is 389. The average molecular weight is 276 g/mol. The van der Waals surface area contributed by atoms with Gasteiger partial charge >= 0.3 is 0 Å². The molecule has 1 aromatic carbocycles. The molecule has 1 aliphatic heterocycles. The van der Waals surface area contributed by atoms with Crippen molar-refractivity contribution in [1.82, 2.24) is 10.2 Å². The molecule has 1 heterocycles. The number of ether oxygens (including phenoxy) is 1. The monoisotopic (exact) mass is 276 g/mol. The summed E-state index contributed by atoms with van der Waals surface area (Å²) in [5.74, 6) is 0.217. The van der Waals surface area contributed by atoms with E-state index in [1.54, 1.807) is 0 Å². The molecule has 1 aromatic rings. The van der Waals surface area contributed by atoms with E-state index in [0.29, 0.717) is 13.0 Å². The van der Waals surface area contributed by atoms with Crippen LogP contribution in [0.25, 0.3) is 0 Å². The van der Waals surface area contributed by atoms with Gasteiger partial charge in [0.25, 0.3) is 0 Å². The number of carbonyl (C=O) groups excluding carboxylic acids is 1. The van der Waals surface area contributed by atoms with Gasteiger partial charge in [-0.1, -0.05) is 30.3 Å². The van der Waals surface area contributed by atoms with Crippen molar-refractivity contribution in [2.45, 2.75) is 19.3 Å². The van der Waals surface area contributed by atoms with E-state index in [2.05, 4.69) is 29.6 Å². The second kappa shape index (κ2) is 8.72. The van der Waals surface area contributed by atoms with E-state index in [0.717, 1.165) is 45.6 Å². The van der Waals surface area contributed by atoms with Gasteiger partial charge in [0, 0.05) is 32.8 Å². The van der Waals surface area contributed by atoms with E-state index in [9.17, 15) is 4.79 Å². The maximum absolute atomic E-state index is 11.9. The third-order valence-corrected chi connectivity index (χ3v) is 3.53. The van der Waals surface area contributed by atoms with Crippen LogP contribution in [0.1, 0.15) is 18.4 Å². The van der Waals surface area contributed by atoms with Crippen LogP contribution in [0.5, 0.6) is 0 Å². The first-order valence-corrected chi connectivity index (χ1v) is 7.46. The maximum atomic E-state index is 11.9. The third-order valence-electron chi connectivity index (χ3n) is 3.53. The fraction of sp³-hybridized carbons (Fsp3) is 0.562. The number of carbonyl (C=O) groups is 1. The molecule has 1 fully saturated rings. The van der Waals surface area contributed by atoms with E-state index < -0.39 is 0 Å². The fourth-order valence-corrected chi connectivity index (χ4v) is 2.36. The predicted octanol–water partition coefficient (Wildman–Crippen LogP) is 1.46. The normalized spacial score (nSPS) is 15.3. The van der Waals surface area contributed by atoms with E-state index >= 15 is 0 Å². The van der Waals surface area contributed by atoms with Crippen molar-refractivity contribution in [3.8, 4) is 0 Å². The highest BCUT2D eigenvalue weighted by atomic mass is 16.5. The van der Waals surface area contributed by atoms with Crippen LogP contribution >= 0.6 is 0 Å². The van der Waals surface area contributed by atoms with Gasteiger partial charge in [0.15, 0.2) is 0 Å². The second-order valence-corrected chi connectivity index (χ2v) is 5.08. The van der Waals surface area contributed by atoms with Gasteiger partial charge in [-0.15, -0.1) is 0 Å². The standard InChI is InChI=1S/C16H24N2O2/c19-16(18-11-9-17-10-12-18)8-14-20-13-4-7-15-5-2-1-3-6-15/h1-3,5-6,17H,4,7-14H2. The second-order valence-electron chi connectivity index (χ2n) is 5.08. The lowest BCUT2D eigenvalue weighted by Crippen LogP contribution is -2.46. The number of benzene rings is 1. The Morgan fingerprint density at radius 3 is 2.65 bits per heavy atom. The summed E-state index contributed by atoms with van der Waals surface area (Å²) in [6.07, 6.45) is 2.55. The number of hydrogen-bond acceptors (Lipinski definition) is 3.